The van der Waals surface area contributed by atoms with Crippen LogP contribution < -0.4 is 0 Å². The van der Waals surface area contributed by atoms with Crippen LogP contribution in [0.2, 0.25) is 0 Å². The largest absolute Gasteiger partial charge is 0.300 e. The Kier molecular flexibility index (Phi) is 9.77. The number of carbonyl (C=O) groups excluding carboxylic acids is 2. The van der Waals surface area contributed by atoms with Crippen LogP contribution in [0.5, 0.6) is 0 Å². The monoisotopic (exact) mass is 172 g/mol. The first-order valence-electron chi connectivity index (χ1n) is 4.47. The Bertz CT molecular complexity index is 129. The molecule has 0 aliphatic rings. The molecule has 0 saturated carbocycles. The summed E-state index contributed by atoms with van der Waals surface area (Å²) < 4.78 is 0. The number of rotatable bonds is 3. The van der Waals surface area contributed by atoms with Crippen LogP contribution in [0.4, 0.5) is 0 Å². The first kappa shape index (κ1) is 13.9. The van der Waals surface area contributed by atoms with Gasteiger partial charge in [-0.15, -0.1) is 0 Å². The molecular weight excluding hydrogens is 152 g/mol. The summed E-state index contributed by atoms with van der Waals surface area (Å²) in [5.74, 6) is 0.815. The van der Waals surface area contributed by atoms with E-state index in [0.717, 1.165) is 0 Å². The summed E-state index contributed by atoms with van der Waals surface area (Å²) in [6, 6.07) is 0. The van der Waals surface area contributed by atoms with Crippen LogP contribution in [0.15, 0.2) is 0 Å². The van der Waals surface area contributed by atoms with Gasteiger partial charge in [-0.1, -0.05) is 27.7 Å². The van der Waals surface area contributed by atoms with Gasteiger partial charge in [0, 0.05) is 18.8 Å². The highest BCUT2D eigenvalue weighted by molar-refractivity contribution is 5.77. The molecule has 0 unspecified atom stereocenters. The van der Waals surface area contributed by atoms with E-state index in [2.05, 4.69) is 0 Å². The van der Waals surface area contributed by atoms with Gasteiger partial charge < -0.3 is 0 Å². The van der Waals surface area contributed by atoms with Gasteiger partial charge in [-0.25, -0.2) is 0 Å². The summed E-state index contributed by atoms with van der Waals surface area (Å²) in [6.45, 7) is 9.15. The summed E-state index contributed by atoms with van der Waals surface area (Å²) in [5, 5.41) is 0. The Morgan fingerprint density at radius 2 is 1.33 bits per heavy atom. The first-order chi connectivity index (χ1) is 5.45. The molecule has 12 heavy (non-hydrogen) atoms. The molecule has 2 nitrogen and oxygen atoms in total. The zero-order chi connectivity index (χ0) is 10.1. The summed E-state index contributed by atoms with van der Waals surface area (Å²) >= 11 is 0. The van der Waals surface area contributed by atoms with Crippen molar-refractivity contribution in [3.63, 3.8) is 0 Å². The molecule has 0 aliphatic heterocycles. The quantitative estimate of drug-likeness (QED) is 0.655. The van der Waals surface area contributed by atoms with Gasteiger partial charge in [0.15, 0.2) is 0 Å². The third kappa shape index (κ3) is 12.1. The maximum absolute atomic E-state index is 10.2. The molecular formula is C10H20O2. The van der Waals surface area contributed by atoms with Gasteiger partial charge in [-0.3, -0.25) is 9.59 Å². The van der Waals surface area contributed by atoms with Crippen LogP contribution in [0.25, 0.3) is 0 Å². The molecule has 0 bridgehead atoms. The molecule has 0 saturated heterocycles. The van der Waals surface area contributed by atoms with Crippen molar-refractivity contribution in [1.82, 2.24) is 0 Å². The Balaban J connectivity index is 0. The Hall–Kier alpha value is -0.660. The van der Waals surface area contributed by atoms with Crippen LogP contribution in [-0.4, -0.2) is 11.6 Å². The lowest BCUT2D eigenvalue weighted by molar-refractivity contribution is -0.120. The maximum Gasteiger partial charge on any atom is 0.132 e. The Morgan fingerprint density at radius 3 is 1.33 bits per heavy atom. The molecule has 0 aliphatic carbocycles. The highest BCUT2D eigenvalue weighted by Crippen LogP contribution is 1.89. The normalized spacial score (nSPS) is 8.83. The number of Topliss-reactive ketones (excluding diaryl/α,β-unsaturated/α-hetero) is 2. The zero-order valence-electron chi connectivity index (χ0n) is 8.81. The summed E-state index contributed by atoms with van der Waals surface area (Å²) in [4.78, 5) is 20.3. The standard InChI is InChI=1S/2C5H10O/c1-4(2)5(3)6;1-3-5(6)4-2/h4H,1-3H3;3-4H2,1-2H3. The minimum Gasteiger partial charge on any atom is -0.300 e. The molecule has 0 heterocycles. The predicted molar refractivity (Wildman–Crippen MR) is 51.1 cm³/mol. The zero-order valence-corrected chi connectivity index (χ0v) is 8.81. The Morgan fingerprint density at radius 1 is 1.08 bits per heavy atom. The van der Waals surface area contributed by atoms with Crippen molar-refractivity contribution in [2.75, 3.05) is 0 Å². The predicted octanol–water partition coefficient (Wildman–Crippen LogP) is 2.61. The van der Waals surface area contributed by atoms with E-state index >= 15 is 0 Å². The van der Waals surface area contributed by atoms with Crippen LogP contribution in [0.1, 0.15) is 47.5 Å². The fourth-order valence-corrected chi connectivity index (χ4v) is 0.250. The topological polar surface area (TPSA) is 34.1 Å². The van der Waals surface area contributed by atoms with Gasteiger partial charge in [-0.2, -0.15) is 0 Å². The van der Waals surface area contributed by atoms with E-state index in [1.807, 2.05) is 27.7 Å². The molecule has 0 spiro atoms. The van der Waals surface area contributed by atoms with Gasteiger partial charge in [0.2, 0.25) is 0 Å². The van der Waals surface area contributed by atoms with Crippen LogP contribution >= 0.6 is 0 Å². The molecule has 0 fully saturated rings. The van der Waals surface area contributed by atoms with Crippen molar-refractivity contribution in [3.05, 3.63) is 0 Å². The van der Waals surface area contributed by atoms with Crippen molar-refractivity contribution >= 4 is 11.6 Å². The lowest BCUT2D eigenvalue weighted by Gasteiger charge is -1.90. The van der Waals surface area contributed by atoms with Gasteiger partial charge >= 0.3 is 0 Å². The third-order valence-electron chi connectivity index (χ3n) is 1.60. The highest BCUT2D eigenvalue weighted by Gasteiger charge is 1.95. The summed E-state index contributed by atoms with van der Waals surface area (Å²) in [6.07, 6.45) is 1.38. The molecule has 0 aromatic rings. The fourth-order valence-electron chi connectivity index (χ4n) is 0.250. The van der Waals surface area contributed by atoms with Crippen LogP contribution in [0.3, 0.4) is 0 Å². The average molecular weight is 172 g/mol. The lowest BCUT2D eigenvalue weighted by atomic mass is 10.1. The number of hydrogen-bond donors (Lipinski definition) is 0. The molecule has 0 atom stereocenters. The van der Waals surface area contributed by atoms with E-state index in [4.69, 9.17) is 0 Å². The van der Waals surface area contributed by atoms with Gasteiger partial charge in [-0.05, 0) is 6.92 Å². The fraction of sp³-hybridized carbons (Fsp3) is 0.800. The van der Waals surface area contributed by atoms with Crippen molar-refractivity contribution in [2.45, 2.75) is 47.5 Å². The third-order valence-corrected chi connectivity index (χ3v) is 1.60. The van der Waals surface area contributed by atoms with Crippen molar-refractivity contribution in [1.29, 1.82) is 0 Å². The second-order valence-corrected chi connectivity index (χ2v) is 3.01. The second kappa shape index (κ2) is 8.44. The van der Waals surface area contributed by atoms with E-state index in [1.165, 1.54) is 0 Å². The highest BCUT2D eigenvalue weighted by atomic mass is 16.1. The summed E-state index contributed by atoms with van der Waals surface area (Å²) in [7, 11) is 0. The molecule has 72 valence electrons. The molecule has 0 amide bonds. The van der Waals surface area contributed by atoms with Crippen molar-refractivity contribution in [2.24, 2.45) is 5.92 Å². The second-order valence-electron chi connectivity index (χ2n) is 3.01. The van der Waals surface area contributed by atoms with Crippen LogP contribution in [0, 0.1) is 5.92 Å². The molecule has 0 aromatic heterocycles. The maximum atomic E-state index is 10.2. The van der Waals surface area contributed by atoms with Gasteiger partial charge in [0.25, 0.3) is 0 Å². The molecule has 0 rings (SSSR count). The SMILES string of the molecule is CC(=O)C(C)C.CCC(=O)CC. The molecule has 2 heteroatoms. The van der Waals surface area contributed by atoms with E-state index < -0.39 is 0 Å². The van der Waals surface area contributed by atoms with Crippen molar-refractivity contribution < 1.29 is 9.59 Å². The van der Waals surface area contributed by atoms with Gasteiger partial charge in [0.05, 0.1) is 0 Å². The number of carbonyl (C=O) groups is 2. The van der Waals surface area contributed by atoms with E-state index in [1.54, 1.807) is 6.92 Å². The summed E-state index contributed by atoms with van der Waals surface area (Å²) in [5.41, 5.74) is 0. The smallest absolute Gasteiger partial charge is 0.132 e. The minimum atomic E-state index is 0.213. The number of ketones is 2. The molecule has 0 N–H and O–H groups in total. The lowest BCUT2D eigenvalue weighted by Crippen LogP contribution is -1.98. The van der Waals surface area contributed by atoms with Gasteiger partial charge in [0.1, 0.15) is 11.6 Å². The van der Waals surface area contributed by atoms with E-state index in [-0.39, 0.29) is 11.7 Å². The van der Waals surface area contributed by atoms with E-state index in [0.29, 0.717) is 18.6 Å². The Labute approximate surface area is 75.4 Å². The molecule has 0 radical (unpaired) electrons. The minimum absolute atomic E-state index is 0.213. The first-order valence-corrected chi connectivity index (χ1v) is 4.47. The van der Waals surface area contributed by atoms with Crippen LogP contribution in [-0.2, 0) is 9.59 Å². The van der Waals surface area contributed by atoms with Crippen molar-refractivity contribution in [3.8, 4) is 0 Å². The number of hydrogen-bond acceptors (Lipinski definition) is 2. The average Bonchev–Trinajstić information content (AvgIpc) is 2.04. The molecule has 0 aromatic carbocycles. The van der Waals surface area contributed by atoms with E-state index in [9.17, 15) is 9.59 Å².